The Morgan fingerprint density at radius 3 is 2.22 bits per heavy atom. The smallest absolute Gasteiger partial charge is 0.243 e. The Balaban J connectivity index is 1.89. The first-order valence-corrected chi connectivity index (χ1v) is 16.1. The molecule has 0 radical (unpaired) electrons. The van der Waals surface area contributed by atoms with Crippen LogP contribution in [0, 0.1) is 13.8 Å². The third kappa shape index (κ3) is 9.21. The molecular formula is C31H37Cl2N3O4S. The van der Waals surface area contributed by atoms with Crippen molar-refractivity contribution in [1.82, 2.24) is 10.2 Å². The zero-order valence-corrected chi connectivity index (χ0v) is 26.2. The van der Waals surface area contributed by atoms with Crippen LogP contribution in [0.1, 0.15) is 42.0 Å². The molecule has 0 saturated carbocycles. The Morgan fingerprint density at radius 2 is 1.61 bits per heavy atom. The van der Waals surface area contributed by atoms with Crippen LogP contribution in [0.3, 0.4) is 0 Å². The first-order valence-electron chi connectivity index (χ1n) is 13.5. The van der Waals surface area contributed by atoms with Crippen molar-refractivity contribution >= 4 is 50.7 Å². The van der Waals surface area contributed by atoms with Crippen molar-refractivity contribution in [3.8, 4) is 0 Å². The van der Waals surface area contributed by atoms with Crippen LogP contribution >= 0.6 is 23.2 Å². The van der Waals surface area contributed by atoms with E-state index in [1.165, 1.54) is 4.31 Å². The third-order valence-corrected chi connectivity index (χ3v) is 8.82. The topological polar surface area (TPSA) is 86.8 Å². The van der Waals surface area contributed by atoms with Crippen molar-refractivity contribution in [3.63, 3.8) is 0 Å². The molecule has 3 aromatic carbocycles. The lowest BCUT2D eigenvalue weighted by molar-refractivity contribution is -0.141. The Labute approximate surface area is 253 Å². The van der Waals surface area contributed by atoms with Gasteiger partial charge in [0.1, 0.15) is 6.04 Å². The van der Waals surface area contributed by atoms with E-state index in [2.05, 4.69) is 5.32 Å². The van der Waals surface area contributed by atoms with Gasteiger partial charge >= 0.3 is 0 Å². The molecule has 1 atom stereocenters. The molecule has 41 heavy (non-hydrogen) atoms. The molecule has 220 valence electrons. The van der Waals surface area contributed by atoms with Crippen LogP contribution in [-0.4, -0.2) is 50.5 Å². The van der Waals surface area contributed by atoms with Crippen molar-refractivity contribution in [3.05, 3.63) is 99.0 Å². The van der Waals surface area contributed by atoms with Crippen LogP contribution in [0.15, 0.2) is 66.7 Å². The Hall–Kier alpha value is -3.07. The molecule has 0 heterocycles. The summed E-state index contributed by atoms with van der Waals surface area (Å²) in [5.74, 6) is -0.533. The number of sulfonamides is 1. The monoisotopic (exact) mass is 617 g/mol. The second-order valence-electron chi connectivity index (χ2n) is 10.1. The van der Waals surface area contributed by atoms with Gasteiger partial charge in [-0.05, 0) is 73.7 Å². The number of carbonyl (C=O) groups excluding carboxylic acids is 2. The van der Waals surface area contributed by atoms with Crippen molar-refractivity contribution in [2.45, 2.75) is 52.6 Å². The average molecular weight is 619 g/mol. The zero-order valence-electron chi connectivity index (χ0n) is 23.9. The van der Waals surface area contributed by atoms with E-state index in [9.17, 15) is 18.0 Å². The molecule has 3 aromatic rings. The first kappa shape index (κ1) is 32.4. The summed E-state index contributed by atoms with van der Waals surface area (Å²) in [5, 5.41) is 3.61. The van der Waals surface area contributed by atoms with Gasteiger partial charge in [-0.3, -0.25) is 13.9 Å². The molecule has 0 spiro atoms. The van der Waals surface area contributed by atoms with E-state index in [4.69, 9.17) is 23.2 Å². The van der Waals surface area contributed by atoms with Gasteiger partial charge in [0, 0.05) is 32.5 Å². The molecule has 1 N–H and O–H groups in total. The third-order valence-electron chi connectivity index (χ3n) is 6.89. The molecule has 0 aliphatic rings. The molecule has 0 aliphatic heterocycles. The van der Waals surface area contributed by atoms with Crippen molar-refractivity contribution in [2.24, 2.45) is 0 Å². The lowest BCUT2D eigenvalue weighted by Gasteiger charge is -2.32. The van der Waals surface area contributed by atoms with Crippen LogP contribution in [0.5, 0.6) is 0 Å². The highest BCUT2D eigenvalue weighted by Gasteiger charge is 2.30. The summed E-state index contributed by atoms with van der Waals surface area (Å²) in [4.78, 5) is 28.7. The van der Waals surface area contributed by atoms with Crippen LogP contribution in [0.4, 0.5) is 5.69 Å². The highest BCUT2D eigenvalue weighted by atomic mass is 35.5. The maximum atomic E-state index is 13.8. The summed E-state index contributed by atoms with van der Waals surface area (Å²) in [5.41, 5.74) is 4.23. The number of anilines is 1. The van der Waals surface area contributed by atoms with Crippen molar-refractivity contribution in [2.75, 3.05) is 23.7 Å². The quantitative estimate of drug-likeness (QED) is 0.257. The molecule has 0 aliphatic carbocycles. The van der Waals surface area contributed by atoms with Gasteiger partial charge in [0.25, 0.3) is 0 Å². The lowest BCUT2D eigenvalue weighted by Crippen LogP contribution is -2.50. The number of hydrogen-bond donors (Lipinski definition) is 1. The van der Waals surface area contributed by atoms with Gasteiger partial charge in [0.15, 0.2) is 0 Å². The van der Waals surface area contributed by atoms with Crippen LogP contribution < -0.4 is 9.62 Å². The Bertz CT molecular complexity index is 1470. The van der Waals surface area contributed by atoms with E-state index >= 15 is 0 Å². The molecule has 0 bridgehead atoms. The van der Waals surface area contributed by atoms with Crippen LogP contribution in [-0.2, 0) is 32.6 Å². The summed E-state index contributed by atoms with van der Waals surface area (Å²) in [6, 6.07) is 19.3. The van der Waals surface area contributed by atoms with Gasteiger partial charge in [0.05, 0.1) is 22.0 Å². The van der Waals surface area contributed by atoms with E-state index in [1.807, 2.05) is 63.2 Å². The fraction of sp³-hybridized carbons (Fsp3) is 0.355. The number of benzene rings is 3. The molecule has 0 unspecified atom stereocenters. The molecule has 3 rings (SSSR count). The number of halogens is 2. The summed E-state index contributed by atoms with van der Waals surface area (Å²) in [7, 11) is -3.58. The van der Waals surface area contributed by atoms with Gasteiger partial charge in [-0.2, -0.15) is 0 Å². The SMILES string of the molecule is CCNC(=O)[C@H](Cc1ccccc1)N(Cc1ccc(Cl)c(Cl)c1)C(=O)CCCN(c1ccc(C)c(C)c1)S(C)(=O)=O. The summed E-state index contributed by atoms with van der Waals surface area (Å²) < 4.78 is 26.7. The van der Waals surface area contributed by atoms with Gasteiger partial charge in [-0.1, -0.05) is 65.7 Å². The minimum absolute atomic E-state index is 0.0445. The van der Waals surface area contributed by atoms with Crippen LogP contribution in [0.2, 0.25) is 10.0 Å². The maximum Gasteiger partial charge on any atom is 0.243 e. The van der Waals surface area contributed by atoms with E-state index in [0.29, 0.717) is 28.7 Å². The highest BCUT2D eigenvalue weighted by Crippen LogP contribution is 2.25. The molecule has 7 nitrogen and oxygen atoms in total. The number of likely N-dealkylation sites (N-methyl/N-ethyl adjacent to an activating group) is 1. The van der Waals surface area contributed by atoms with Crippen molar-refractivity contribution in [1.29, 1.82) is 0 Å². The molecule has 2 amide bonds. The average Bonchev–Trinajstić information content (AvgIpc) is 2.92. The number of carbonyl (C=O) groups is 2. The molecule has 0 aromatic heterocycles. The van der Waals surface area contributed by atoms with Gasteiger partial charge < -0.3 is 10.2 Å². The van der Waals surface area contributed by atoms with E-state index in [-0.39, 0.29) is 37.7 Å². The summed E-state index contributed by atoms with van der Waals surface area (Å²) >= 11 is 12.4. The maximum absolute atomic E-state index is 13.8. The number of nitrogens with zero attached hydrogens (tertiary/aromatic N) is 2. The normalized spacial score (nSPS) is 12.0. The number of hydrogen-bond acceptors (Lipinski definition) is 4. The van der Waals surface area contributed by atoms with E-state index in [1.54, 1.807) is 29.2 Å². The van der Waals surface area contributed by atoms with Gasteiger partial charge in [-0.15, -0.1) is 0 Å². The Morgan fingerprint density at radius 1 is 0.902 bits per heavy atom. The molecule has 0 fully saturated rings. The standard InChI is InChI=1S/C31H37Cl2N3O4S/c1-5-34-31(38)29(20-24-10-7-6-8-11-24)35(21-25-14-16-27(32)28(33)19-25)30(37)12-9-17-36(41(4,39)40)26-15-13-22(2)23(3)18-26/h6-8,10-11,13-16,18-19,29H,5,9,12,17,20-21H2,1-4H3,(H,34,38)/t29-/m0/s1. The fourth-order valence-electron chi connectivity index (χ4n) is 4.57. The Kier molecular flexibility index (Phi) is 11.6. The first-order chi connectivity index (χ1) is 19.4. The predicted molar refractivity (Wildman–Crippen MR) is 167 cm³/mol. The predicted octanol–water partition coefficient (Wildman–Crippen LogP) is 5.93. The number of aryl methyl sites for hydroxylation is 2. The van der Waals surface area contributed by atoms with E-state index < -0.39 is 16.1 Å². The number of amides is 2. The van der Waals surface area contributed by atoms with Gasteiger partial charge in [0.2, 0.25) is 21.8 Å². The minimum Gasteiger partial charge on any atom is -0.355 e. The number of nitrogens with one attached hydrogen (secondary N) is 1. The lowest BCUT2D eigenvalue weighted by atomic mass is 10.0. The molecule has 0 saturated heterocycles. The number of rotatable bonds is 13. The molecule has 10 heteroatoms. The van der Waals surface area contributed by atoms with Gasteiger partial charge in [-0.25, -0.2) is 8.42 Å². The van der Waals surface area contributed by atoms with Crippen LogP contribution in [0.25, 0.3) is 0 Å². The molecular weight excluding hydrogens is 581 g/mol. The second kappa shape index (κ2) is 14.7. The van der Waals surface area contributed by atoms with Crippen molar-refractivity contribution < 1.29 is 18.0 Å². The summed E-state index contributed by atoms with van der Waals surface area (Å²) in [6.45, 7) is 6.40. The summed E-state index contributed by atoms with van der Waals surface area (Å²) in [6.07, 6.45) is 1.79. The second-order valence-corrected chi connectivity index (χ2v) is 12.8. The zero-order chi connectivity index (χ0) is 30.2. The highest BCUT2D eigenvalue weighted by molar-refractivity contribution is 7.92. The fourth-order valence-corrected chi connectivity index (χ4v) is 5.84. The largest absolute Gasteiger partial charge is 0.355 e. The minimum atomic E-state index is -3.58. The van der Waals surface area contributed by atoms with E-state index in [0.717, 1.165) is 28.5 Å².